The smallest absolute Gasteiger partial charge is 0.320 e. The summed E-state index contributed by atoms with van der Waals surface area (Å²) in [5.74, 6) is -3.67. The van der Waals surface area contributed by atoms with Gasteiger partial charge in [0.15, 0.2) is 5.78 Å². The number of fused-ring (bicyclic) bond motifs is 2. The number of carboxylic acid groups (broad SMARTS) is 1. The first-order chi connectivity index (χ1) is 22.2. The molecule has 2 amide bonds. The van der Waals surface area contributed by atoms with Gasteiger partial charge in [0.2, 0.25) is 11.8 Å². The molecule has 0 bridgehead atoms. The van der Waals surface area contributed by atoms with E-state index in [-0.39, 0.29) is 25.0 Å². The zero-order valence-electron chi connectivity index (χ0n) is 26.9. The molecule has 9 nitrogen and oxygen atoms in total. The number of benzene rings is 3. The van der Waals surface area contributed by atoms with E-state index in [0.717, 1.165) is 41.1 Å². The Kier molecular flexibility index (Phi) is 12.1. The number of primary amides is 1. The Hall–Kier alpha value is -4.50. The van der Waals surface area contributed by atoms with Gasteiger partial charge in [0, 0.05) is 48.2 Å². The Balaban J connectivity index is 1.77. The summed E-state index contributed by atoms with van der Waals surface area (Å²) < 4.78 is 2.03. The number of hydrogen-bond donors (Lipinski definition) is 3. The fourth-order valence-electron chi connectivity index (χ4n) is 6.25. The number of rotatable bonds is 18. The first-order valence-corrected chi connectivity index (χ1v) is 16.3. The van der Waals surface area contributed by atoms with Crippen molar-refractivity contribution in [2.75, 3.05) is 6.54 Å². The van der Waals surface area contributed by atoms with Crippen LogP contribution in [0.3, 0.4) is 0 Å². The topological polar surface area (TPSA) is 149 Å². The van der Waals surface area contributed by atoms with Crippen LogP contribution in [0.1, 0.15) is 81.1 Å². The van der Waals surface area contributed by atoms with Gasteiger partial charge in [-0.15, -0.1) is 0 Å². The van der Waals surface area contributed by atoms with E-state index >= 15 is 0 Å². The highest BCUT2D eigenvalue weighted by atomic mass is 16.4. The number of aromatic nitrogens is 1. The summed E-state index contributed by atoms with van der Waals surface area (Å²) in [6, 6.07) is 20.2. The van der Waals surface area contributed by atoms with Gasteiger partial charge in [-0.2, -0.15) is 0 Å². The summed E-state index contributed by atoms with van der Waals surface area (Å²) in [6.45, 7) is 4.93. The lowest BCUT2D eigenvalue weighted by molar-refractivity contribution is -0.140. The van der Waals surface area contributed by atoms with E-state index in [1.807, 2.05) is 60.9 Å². The first-order valence-electron chi connectivity index (χ1n) is 16.3. The predicted octanol–water partition coefficient (Wildman–Crippen LogP) is 5.90. The van der Waals surface area contributed by atoms with Crippen LogP contribution in [0.25, 0.3) is 21.7 Å². The molecule has 1 unspecified atom stereocenters. The van der Waals surface area contributed by atoms with E-state index < -0.39 is 35.8 Å². The molecule has 244 valence electrons. The summed E-state index contributed by atoms with van der Waals surface area (Å²) >= 11 is 0. The minimum Gasteiger partial charge on any atom is -0.480 e. The second kappa shape index (κ2) is 16.2. The molecule has 0 saturated carbocycles. The summed E-state index contributed by atoms with van der Waals surface area (Å²) in [5.41, 5.74) is 13.8. The number of Topliss-reactive ketones (excluding diaryl/α,β-unsaturated/α-hetero) is 1. The van der Waals surface area contributed by atoms with Crippen molar-refractivity contribution in [1.82, 2.24) is 9.47 Å². The summed E-state index contributed by atoms with van der Waals surface area (Å²) in [5, 5.41) is 12.5. The van der Waals surface area contributed by atoms with E-state index in [4.69, 9.17) is 11.5 Å². The molecule has 0 aliphatic carbocycles. The summed E-state index contributed by atoms with van der Waals surface area (Å²) in [7, 11) is 0. The molecule has 0 aliphatic heterocycles. The van der Waals surface area contributed by atoms with Crippen LogP contribution in [-0.2, 0) is 20.9 Å². The lowest BCUT2D eigenvalue weighted by atomic mass is 9.89. The van der Waals surface area contributed by atoms with Crippen molar-refractivity contribution in [3.8, 4) is 0 Å². The minimum absolute atomic E-state index is 0.00462. The van der Waals surface area contributed by atoms with E-state index in [1.165, 1.54) is 0 Å². The lowest BCUT2D eigenvalue weighted by Gasteiger charge is -2.34. The highest BCUT2D eigenvalue weighted by Crippen LogP contribution is 2.30. The van der Waals surface area contributed by atoms with Crippen LogP contribution in [0, 0.1) is 5.92 Å². The Morgan fingerprint density at radius 1 is 0.848 bits per heavy atom. The van der Waals surface area contributed by atoms with Gasteiger partial charge >= 0.3 is 5.97 Å². The third kappa shape index (κ3) is 8.20. The number of ketones is 1. The maximum absolute atomic E-state index is 14.6. The number of amides is 2. The molecule has 3 atom stereocenters. The van der Waals surface area contributed by atoms with Crippen molar-refractivity contribution in [3.05, 3.63) is 84.1 Å². The standard InChI is InChI=1S/C37H46N4O5/c1-3-5-15-27(22-34(39)42)41(21-6-4-2)36(44)30(19-20-32(38)37(45)46)35(43)31-24-40(33-18-10-9-17-29(31)33)23-26-14-11-13-25-12-7-8-16-28(25)26/h7-14,16-18,24,27,30,32H,3-6,15,19-23,38H2,1-2H3,(H2,39,42)(H,45,46)/t27-,30+,32?/m0/s1. The monoisotopic (exact) mass is 626 g/mol. The molecule has 0 aliphatic rings. The maximum Gasteiger partial charge on any atom is 0.320 e. The maximum atomic E-state index is 14.6. The molecule has 4 rings (SSSR count). The van der Waals surface area contributed by atoms with Gasteiger partial charge in [0.25, 0.3) is 0 Å². The molecule has 5 N–H and O–H groups in total. The first kappa shape index (κ1) is 34.4. The average molecular weight is 627 g/mol. The number of carboxylic acids is 1. The molecule has 9 heteroatoms. The van der Waals surface area contributed by atoms with Crippen LogP contribution in [0.15, 0.2) is 72.9 Å². The number of carbonyl (C=O) groups excluding carboxylic acids is 3. The van der Waals surface area contributed by atoms with Gasteiger partial charge < -0.3 is 26.0 Å². The molecular formula is C37H46N4O5. The minimum atomic E-state index is -1.22. The number of carbonyl (C=O) groups is 4. The highest BCUT2D eigenvalue weighted by molar-refractivity contribution is 6.16. The molecule has 1 aromatic heterocycles. The largest absolute Gasteiger partial charge is 0.480 e. The van der Waals surface area contributed by atoms with Gasteiger partial charge in [0.05, 0.1) is 0 Å². The van der Waals surface area contributed by atoms with Gasteiger partial charge in [-0.25, -0.2) is 0 Å². The molecule has 0 saturated heterocycles. The van der Waals surface area contributed by atoms with Gasteiger partial charge in [0.1, 0.15) is 12.0 Å². The Morgan fingerprint density at radius 2 is 1.52 bits per heavy atom. The van der Waals surface area contributed by atoms with Crippen molar-refractivity contribution in [2.24, 2.45) is 17.4 Å². The molecule has 1 heterocycles. The summed E-state index contributed by atoms with van der Waals surface area (Å²) in [4.78, 5) is 54.4. The van der Waals surface area contributed by atoms with E-state index in [1.54, 1.807) is 11.1 Å². The quantitative estimate of drug-likeness (QED) is 0.0925. The Morgan fingerprint density at radius 3 is 2.22 bits per heavy atom. The van der Waals surface area contributed by atoms with Crippen molar-refractivity contribution >= 4 is 45.2 Å². The van der Waals surface area contributed by atoms with E-state index in [0.29, 0.717) is 36.9 Å². The number of unbranched alkanes of at least 4 members (excludes halogenated alkanes) is 2. The summed E-state index contributed by atoms with van der Waals surface area (Å²) in [6.07, 6.45) is 5.45. The second-order valence-corrected chi connectivity index (χ2v) is 12.1. The van der Waals surface area contributed by atoms with Crippen molar-refractivity contribution < 1.29 is 24.3 Å². The molecule has 3 aromatic carbocycles. The lowest BCUT2D eigenvalue weighted by Crippen LogP contribution is -2.48. The number of nitrogens with zero attached hydrogens (tertiary/aromatic N) is 2. The molecule has 0 radical (unpaired) electrons. The van der Waals surface area contributed by atoms with Crippen LogP contribution < -0.4 is 11.5 Å². The van der Waals surface area contributed by atoms with E-state index in [2.05, 4.69) is 24.3 Å². The van der Waals surface area contributed by atoms with E-state index in [9.17, 15) is 24.3 Å². The normalized spacial score (nSPS) is 13.4. The van der Waals surface area contributed by atoms with Crippen molar-refractivity contribution in [2.45, 2.75) is 83.8 Å². The van der Waals surface area contributed by atoms with Crippen LogP contribution in [0.2, 0.25) is 0 Å². The zero-order valence-corrected chi connectivity index (χ0v) is 26.9. The Labute approximate surface area is 270 Å². The molecule has 0 fully saturated rings. The number of aliphatic carboxylic acids is 1. The van der Waals surface area contributed by atoms with Crippen LogP contribution in [0.4, 0.5) is 0 Å². The van der Waals surface area contributed by atoms with Crippen LogP contribution >= 0.6 is 0 Å². The fourth-order valence-corrected chi connectivity index (χ4v) is 6.25. The third-order valence-corrected chi connectivity index (χ3v) is 8.78. The van der Waals surface area contributed by atoms with Crippen molar-refractivity contribution in [1.29, 1.82) is 0 Å². The van der Waals surface area contributed by atoms with Gasteiger partial charge in [-0.1, -0.05) is 93.8 Å². The molecular weight excluding hydrogens is 580 g/mol. The van der Waals surface area contributed by atoms with Crippen molar-refractivity contribution in [3.63, 3.8) is 0 Å². The molecule has 0 spiro atoms. The SMILES string of the molecule is CCCC[C@@H](CC(N)=O)N(CCCC)C(=O)[C@H](CCC(N)C(=O)O)C(=O)c1cn(Cc2cccc3ccccc23)c2ccccc12. The fraction of sp³-hybridized carbons (Fsp3) is 0.405. The number of para-hydroxylation sites is 1. The van der Waals surface area contributed by atoms with Crippen LogP contribution in [0.5, 0.6) is 0 Å². The second-order valence-electron chi connectivity index (χ2n) is 12.1. The predicted molar refractivity (Wildman–Crippen MR) is 181 cm³/mol. The van der Waals surface area contributed by atoms with Gasteiger partial charge in [-0.05, 0) is 48.1 Å². The zero-order chi connectivity index (χ0) is 33.2. The number of hydrogen-bond acceptors (Lipinski definition) is 5. The average Bonchev–Trinajstić information content (AvgIpc) is 3.41. The molecule has 46 heavy (non-hydrogen) atoms. The Bertz CT molecular complexity index is 1670. The highest BCUT2D eigenvalue weighted by Gasteiger charge is 2.36. The third-order valence-electron chi connectivity index (χ3n) is 8.78. The van der Waals surface area contributed by atoms with Crippen LogP contribution in [-0.4, -0.2) is 56.8 Å². The van der Waals surface area contributed by atoms with Gasteiger partial charge in [-0.3, -0.25) is 19.2 Å². The number of nitrogens with two attached hydrogens (primary N) is 2. The molecule has 4 aromatic rings.